The van der Waals surface area contributed by atoms with Crippen LogP contribution in [0.4, 0.5) is 23.0 Å². The monoisotopic (exact) mass is 476 g/mol. The highest BCUT2D eigenvalue weighted by molar-refractivity contribution is 7.92. The summed E-state index contributed by atoms with van der Waals surface area (Å²) in [5.74, 6) is 0.524. The number of benzene rings is 2. The maximum absolute atomic E-state index is 12.2. The third-order valence-corrected chi connectivity index (χ3v) is 6.40. The maximum Gasteiger partial charge on any atom is 0.245 e. The molecule has 0 radical (unpaired) electrons. The molecule has 10 heteroatoms. The summed E-state index contributed by atoms with van der Waals surface area (Å²) in [6.45, 7) is 0. The van der Waals surface area contributed by atoms with Gasteiger partial charge in [-0.15, -0.1) is 5.10 Å². The van der Waals surface area contributed by atoms with E-state index in [2.05, 4.69) is 20.1 Å². The number of rotatable bonds is 5. The Morgan fingerprint density at radius 2 is 1.85 bits per heavy atom. The van der Waals surface area contributed by atoms with Crippen molar-refractivity contribution in [3.63, 3.8) is 0 Å². The highest BCUT2D eigenvalue weighted by Gasteiger charge is 2.19. The Bertz CT molecular complexity index is 1510. The first-order valence-corrected chi connectivity index (χ1v) is 12.8. The van der Waals surface area contributed by atoms with Crippen molar-refractivity contribution in [1.29, 1.82) is 0 Å². The molecule has 174 valence electrons. The van der Waals surface area contributed by atoms with Gasteiger partial charge in [0, 0.05) is 30.4 Å². The predicted octanol–water partition coefficient (Wildman–Crippen LogP) is 3.81. The number of anilines is 4. The summed E-state index contributed by atoms with van der Waals surface area (Å²) >= 11 is 0. The lowest BCUT2D eigenvalue weighted by Crippen LogP contribution is -2.24. The summed E-state index contributed by atoms with van der Waals surface area (Å²) in [6.07, 6.45) is 5.02. The third-order valence-electron chi connectivity index (χ3n) is 5.80. The van der Waals surface area contributed by atoms with Crippen molar-refractivity contribution in [3.05, 3.63) is 66.4 Å². The molecule has 2 aromatic carbocycles. The lowest BCUT2D eigenvalue weighted by molar-refractivity contribution is -0.118. The molecule has 0 aliphatic carbocycles. The van der Waals surface area contributed by atoms with Crippen LogP contribution in [0.25, 0.3) is 16.8 Å². The minimum atomic E-state index is -3.44. The molecule has 0 fully saturated rings. The van der Waals surface area contributed by atoms with Crippen LogP contribution < -0.4 is 14.9 Å². The number of amides is 1. The number of hydrogen-bond donors (Lipinski definition) is 2. The van der Waals surface area contributed by atoms with Gasteiger partial charge in [0.2, 0.25) is 21.9 Å². The van der Waals surface area contributed by atoms with E-state index < -0.39 is 10.0 Å². The Morgan fingerprint density at radius 3 is 2.68 bits per heavy atom. The zero-order chi connectivity index (χ0) is 23.9. The van der Waals surface area contributed by atoms with Gasteiger partial charge in [-0.1, -0.05) is 18.2 Å². The average Bonchev–Trinajstić information content (AvgIpc) is 3.15. The molecule has 3 heterocycles. The van der Waals surface area contributed by atoms with Crippen LogP contribution in [-0.2, 0) is 21.2 Å². The van der Waals surface area contributed by atoms with Gasteiger partial charge in [-0.05, 0) is 54.8 Å². The number of para-hydroxylation sites is 1. The number of nitrogens with zero attached hydrogens (tertiary/aromatic N) is 4. The summed E-state index contributed by atoms with van der Waals surface area (Å²) in [5.41, 5.74) is 5.53. The van der Waals surface area contributed by atoms with Gasteiger partial charge in [-0.2, -0.15) is 0 Å². The zero-order valence-electron chi connectivity index (χ0n) is 18.8. The van der Waals surface area contributed by atoms with Crippen LogP contribution >= 0.6 is 0 Å². The molecule has 0 atom stereocenters. The molecule has 1 aliphatic heterocycles. The molecule has 34 heavy (non-hydrogen) atoms. The molecular formula is C24H24N6O3S. The average molecular weight is 477 g/mol. The van der Waals surface area contributed by atoms with Crippen LogP contribution in [0.15, 0.2) is 60.8 Å². The topological polar surface area (TPSA) is 109 Å². The molecule has 0 saturated heterocycles. The number of aryl methyl sites for hydroxylation is 1. The first kappa shape index (κ1) is 21.9. The van der Waals surface area contributed by atoms with E-state index in [9.17, 15) is 13.2 Å². The largest absolute Gasteiger partial charge is 0.323 e. The number of carbonyl (C=O) groups is 1. The van der Waals surface area contributed by atoms with Crippen molar-refractivity contribution in [2.45, 2.75) is 19.3 Å². The van der Waals surface area contributed by atoms with Crippen molar-refractivity contribution in [3.8, 4) is 11.3 Å². The summed E-state index contributed by atoms with van der Waals surface area (Å²) in [4.78, 5) is 18.3. The van der Waals surface area contributed by atoms with E-state index in [0.717, 1.165) is 47.2 Å². The smallest absolute Gasteiger partial charge is 0.245 e. The fourth-order valence-corrected chi connectivity index (χ4v) is 4.79. The lowest BCUT2D eigenvalue weighted by atomic mass is 10.1. The van der Waals surface area contributed by atoms with Crippen LogP contribution in [-0.4, -0.2) is 42.2 Å². The van der Waals surface area contributed by atoms with Gasteiger partial charge in [-0.3, -0.25) is 9.52 Å². The Kier molecular flexibility index (Phi) is 5.45. The minimum Gasteiger partial charge on any atom is -0.323 e. The highest BCUT2D eigenvalue weighted by atomic mass is 32.2. The first-order chi connectivity index (χ1) is 16.3. The van der Waals surface area contributed by atoms with Crippen LogP contribution in [0, 0.1) is 0 Å². The highest BCUT2D eigenvalue weighted by Crippen LogP contribution is 2.31. The lowest BCUT2D eigenvalue weighted by Gasteiger charge is -2.18. The van der Waals surface area contributed by atoms with Crippen LogP contribution in [0.2, 0.25) is 0 Å². The van der Waals surface area contributed by atoms with Crippen LogP contribution in [0.3, 0.4) is 0 Å². The molecule has 4 aromatic rings. The number of fused-ring (bicyclic) bond motifs is 2. The second-order valence-corrected chi connectivity index (χ2v) is 10.1. The molecule has 9 nitrogen and oxygen atoms in total. The van der Waals surface area contributed by atoms with E-state index in [0.29, 0.717) is 23.6 Å². The second kappa shape index (κ2) is 8.45. The maximum atomic E-state index is 12.2. The van der Waals surface area contributed by atoms with E-state index >= 15 is 0 Å². The van der Waals surface area contributed by atoms with E-state index in [1.807, 2.05) is 42.5 Å². The molecule has 2 aromatic heterocycles. The minimum absolute atomic E-state index is 0.124. The number of aromatic nitrogens is 3. The van der Waals surface area contributed by atoms with E-state index in [4.69, 9.17) is 0 Å². The van der Waals surface area contributed by atoms with Crippen molar-refractivity contribution < 1.29 is 13.2 Å². The summed E-state index contributed by atoms with van der Waals surface area (Å²) in [5, 5.41) is 7.91. The van der Waals surface area contributed by atoms with E-state index in [1.165, 1.54) is 0 Å². The Morgan fingerprint density at radius 1 is 1.03 bits per heavy atom. The SMILES string of the molecule is CN1C(=O)CCCc2cc(Nc3ncc4ccc(-c5ccccc5NS(C)(=O)=O)n4n3)ccc21. The molecule has 0 saturated carbocycles. The zero-order valence-corrected chi connectivity index (χ0v) is 19.6. The van der Waals surface area contributed by atoms with E-state index in [-0.39, 0.29) is 5.91 Å². The third kappa shape index (κ3) is 4.32. The van der Waals surface area contributed by atoms with Gasteiger partial charge < -0.3 is 10.2 Å². The van der Waals surface area contributed by atoms with Crippen molar-refractivity contribution in [1.82, 2.24) is 14.6 Å². The van der Waals surface area contributed by atoms with Gasteiger partial charge >= 0.3 is 0 Å². The van der Waals surface area contributed by atoms with Crippen molar-refractivity contribution in [2.24, 2.45) is 0 Å². The molecule has 1 aliphatic rings. The summed E-state index contributed by atoms with van der Waals surface area (Å²) < 4.78 is 28.0. The van der Waals surface area contributed by atoms with Gasteiger partial charge in [-0.25, -0.2) is 17.9 Å². The van der Waals surface area contributed by atoms with Crippen LogP contribution in [0.5, 0.6) is 0 Å². The quantitative estimate of drug-likeness (QED) is 0.453. The second-order valence-electron chi connectivity index (χ2n) is 8.33. The van der Waals surface area contributed by atoms with E-state index in [1.54, 1.807) is 34.8 Å². The van der Waals surface area contributed by atoms with Gasteiger partial charge in [0.1, 0.15) is 0 Å². The van der Waals surface area contributed by atoms with Crippen molar-refractivity contribution >= 4 is 44.5 Å². The Hall–Kier alpha value is -3.92. The molecule has 0 bridgehead atoms. The van der Waals surface area contributed by atoms with Crippen LogP contribution in [0.1, 0.15) is 18.4 Å². The number of hydrogen-bond acceptors (Lipinski definition) is 6. The van der Waals surface area contributed by atoms with Gasteiger partial charge in [0.05, 0.1) is 29.4 Å². The molecular weight excluding hydrogens is 452 g/mol. The number of sulfonamides is 1. The summed E-state index contributed by atoms with van der Waals surface area (Å²) in [7, 11) is -1.63. The Labute approximate surface area is 197 Å². The van der Waals surface area contributed by atoms with Gasteiger partial charge in [0.25, 0.3) is 0 Å². The molecule has 0 spiro atoms. The number of carbonyl (C=O) groups excluding carboxylic acids is 1. The van der Waals surface area contributed by atoms with Crippen molar-refractivity contribution in [2.75, 3.05) is 28.2 Å². The standard InChI is InChI=1S/C24H24N6O3S/c1-29-21-12-10-17(14-16(21)6-5-9-23(29)31)26-24-25-15-18-11-13-22(30(18)27-24)19-7-3-4-8-20(19)28-34(2,32)33/h3-4,7-8,10-15,28H,5-6,9H2,1-2H3,(H,26,27). The fourth-order valence-electron chi connectivity index (χ4n) is 4.21. The molecule has 0 unspecified atom stereocenters. The molecule has 5 rings (SSSR count). The Balaban J connectivity index is 1.50. The molecule has 1 amide bonds. The molecule has 2 N–H and O–H groups in total. The fraction of sp³-hybridized carbons (Fsp3) is 0.208. The first-order valence-electron chi connectivity index (χ1n) is 10.9. The van der Waals surface area contributed by atoms with Gasteiger partial charge in [0.15, 0.2) is 0 Å². The summed E-state index contributed by atoms with van der Waals surface area (Å²) in [6, 6.07) is 16.8. The number of nitrogens with one attached hydrogen (secondary N) is 2. The predicted molar refractivity (Wildman–Crippen MR) is 133 cm³/mol. The normalized spacial score (nSPS) is 14.1.